The molecule has 1 fully saturated rings. The number of piperidine rings is 1. The average Bonchev–Trinajstić information content (AvgIpc) is 2.45. The summed E-state index contributed by atoms with van der Waals surface area (Å²) in [4.78, 5) is 36.4. The summed E-state index contributed by atoms with van der Waals surface area (Å²) in [6.45, 7) is 6.20. The van der Waals surface area contributed by atoms with Gasteiger partial charge in [0.25, 0.3) is 0 Å². The number of hydrogen-bond acceptors (Lipinski definition) is 4. The van der Waals surface area contributed by atoms with Crippen molar-refractivity contribution < 1.29 is 19.5 Å². The fraction of sp³-hybridized carbons (Fsp3) is 0.786. The maximum atomic E-state index is 12.1. The summed E-state index contributed by atoms with van der Waals surface area (Å²) in [5, 5.41) is 11.2. The number of carbonyl (C=O) groups excluding carboxylic acids is 2. The summed E-state index contributed by atoms with van der Waals surface area (Å²) >= 11 is 0. The Bertz CT molecular complexity index is 403. The van der Waals surface area contributed by atoms with Gasteiger partial charge in [-0.25, -0.2) is 0 Å². The number of hydrogen-bond donors (Lipinski definition) is 3. The minimum absolute atomic E-state index is 0.0786. The van der Waals surface area contributed by atoms with Crippen molar-refractivity contribution >= 4 is 17.8 Å². The molecule has 0 saturated carbocycles. The Morgan fingerprint density at radius 2 is 1.71 bits per heavy atom. The van der Waals surface area contributed by atoms with E-state index in [0.717, 1.165) is 0 Å². The second-order valence-corrected chi connectivity index (χ2v) is 5.94. The minimum atomic E-state index is -1.06. The van der Waals surface area contributed by atoms with E-state index in [0.29, 0.717) is 25.9 Å². The summed E-state index contributed by atoms with van der Waals surface area (Å²) in [6, 6.07) is -1.41. The topological polar surface area (TPSA) is 113 Å². The Hall–Kier alpha value is -1.63. The van der Waals surface area contributed by atoms with E-state index in [2.05, 4.69) is 5.32 Å². The predicted molar refractivity (Wildman–Crippen MR) is 77.4 cm³/mol. The van der Waals surface area contributed by atoms with Crippen molar-refractivity contribution in [2.24, 2.45) is 17.6 Å². The van der Waals surface area contributed by atoms with Gasteiger partial charge in [0.2, 0.25) is 11.8 Å². The molecule has 120 valence electrons. The molecule has 1 aliphatic rings. The zero-order valence-electron chi connectivity index (χ0n) is 12.8. The van der Waals surface area contributed by atoms with Crippen molar-refractivity contribution in [1.82, 2.24) is 10.2 Å². The highest BCUT2D eigenvalue weighted by atomic mass is 16.4. The molecule has 0 aromatic carbocycles. The number of likely N-dealkylation sites (tertiary alicyclic amines) is 1. The monoisotopic (exact) mass is 299 g/mol. The number of carboxylic acids is 1. The summed E-state index contributed by atoms with van der Waals surface area (Å²) in [7, 11) is 0. The molecule has 4 N–H and O–H groups in total. The van der Waals surface area contributed by atoms with Gasteiger partial charge in [0.15, 0.2) is 0 Å². The van der Waals surface area contributed by atoms with Gasteiger partial charge in [0.05, 0.1) is 6.04 Å². The first kappa shape index (κ1) is 17.4. The molecule has 7 heteroatoms. The first-order valence-corrected chi connectivity index (χ1v) is 7.31. The first-order chi connectivity index (χ1) is 9.73. The van der Waals surface area contributed by atoms with Gasteiger partial charge in [-0.1, -0.05) is 13.8 Å². The van der Waals surface area contributed by atoms with E-state index >= 15 is 0 Å². The highest BCUT2D eigenvalue weighted by molar-refractivity contribution is 5.85. The lowest BCUT2D eigenvalue weighted by Gasteiger charge is -2.33. The van der Waals surface area contributed by atoms with Crippen LogP contribution in [0.1, 0.15) is 33.6 Å². The third-order valence-corrected chi connectivity index (χ3v) is 3.91. The number of nitrogens with zero attached hydrogens (tertiary/aromatic N) is 1. The zero-order valence-corrected chi connectivity index (χ0v) is 12.8. The van der Waals surface area contributed by atoms with Crippen LogP contribution < -0.4 is 11.1 Å². The summed E-state index contributed by atoms with van der Waals surface area (Å²) < 4.78 is 0. The van der Waals surface area contributed by atoms with Crippen molar-refractivity contribution in [3.63, 3.8) is 0 Å². The van der Waals surface area contributed by atoms with E-state index in [1.165, 1.54) is 6.92 Å². The van der Waals surface area contributed by atoms with Gasteiger partial charge in [-0.05, 0) is 25.7 Å². The number of carbonyl (C=O) groups is 3. The van der Waals surface area contributed by atoms with Gasteiger partial charge < -0.3 is 21.1 Å². The van der Waals surface area contributed by atoms with Crippen LogP contribution in [0, 0.1) is 11.8 Å². The maximum Gasteiger partial charge on any atom is 0.325 e. The quantitative estimate of drug-likeness (QED) is 0.650. The van der Waals surface area contributed by atoms with E-state index < -0.39 is 18.1 Å². The van der Waals surface area contributed by atoms with Gasteiger partial charge in [-0.2, -0.15) is 0 Å². The molecule has 1 saturated heterocycles. The highest BCUT2D eigenvalue weighted by Gasteiger charge is 2.31. The van der Waals surface area contributed by atoms with Crippen LogP contribution in [-0.4, -0.2) is 53.0 Å². The average molecular weight is 299 g/mol. The fourth-order valence-corrected chi connectivity index (χ4v) is 2.25. The van der Waals surface area contributed by atoms with Gasteiger partial charge in [-0.15, -0.1) is 0 Å². The molecule has 2 atom stereocenters. The number of carboxylic acid groups (broad SMARTS) is 1. The van der Waals surface area contributed by atoms with Crippen molar-refractivity contribution in [2.75, 3.05) is 13.1 Å². The van der Waals surface area contributed by atoms with Gasteiger partial charge in [-0.3, -0.25) is 14.4 Å². The molecule has 0 unspecified atom stereocenters. The van der Waals surface area contributed by atoms with Crippen molar-refractivity contribution in [3.05, 3.63) is 0 Å². The number of rotatable bonds is 5. The van der Waals surface area contributed by atoms with Crippen molar-refractivity contribution in [3.8, 4) is 0 Å². The molecule has 0 aromatic heterocycles. The third kappa shape index (κ3) is 4.70. The van der Waals surface area contributed by atoms with Crippen molar-refractivity contribution in [1.29, 1.82) is 0 Å². The summed E-state index contributed by atoms with van der Waals surface area (Å²) in [5.74, 6) is -1.56. The first-order valence-electron chi connectivity index (χ1n) is 7.31. The second-order valence-electron chi connectivity index (χ2n) is 5.94. The van der Waals surface area contributed by atoms with Crippen LogP contribution in [0.4, 0.5) is 0 Å². The van der Waals surface area contributed by atoms with Crippen LogP contribution >= 0.6 is 0 Å². The Morgan fingerprint density at radius 3 is 2.14 bits per heavy atom. The Kier molecular flexibility index (Phi) is 6.14. The van der Waals surface area contributed by atoms with E-state index in [1.807, 2.05) is 13.8 Å². The van der Waals surface area contributed by atoms with E-state index in [4.69, 9.17) is 10.8 Å². The molecule has 0 spiro atoms. The van der Waals surface area contributed by atoms with E-state index in [9.17, 15) is 14.4 Å². The second kappa shape index (κ2) is 7.40. The van der Waals surface area contributed by atoms with Gasteiger partial charge in [0.1, 0.15) is 6.04 Å². The zero-order chi connectivity index (χ0) is 16.2. The lowest BCUT2D eigenvalue weighted by molar-refractivity contribution is -0.142. The molecule has 1 rings (SSSR count). The van der Waals surface area contributed by atoms with Crippen LogP contribution in [0.3, 0.4) is 0 Å². The molecule has 2 amide bonds. The smallest absolute Gasteiger partial charge is 0.325 e. The minimum Gasteiger partial charge on any atom is -0.480 e. The standard InChI is InChI=1S/C14H25N3O4/c1-8(2)11(15)13(19)17-6-4-10(5-7-17)12(18)16-9(3)14(20)21/h8-11H,4-7,15H2,1-3H3,(H,16,18)(H,20,21)/t9-,11-/m0/s1. The fourth-order valence-electron chi connectivity index (χ4n) is 2.25. The number of nitrogens with two attached hydrogens (primary N) is 1. The predicted octanol–water partition coefficient (Wildman–Crippen LogP) is -0.202. The molecule has 1 aliphatic heterocycles. The Labute approximate surface area is 124 Å². The van der Waals surface area contributed by atoms with Gasteiger partial charge >= 0.3 is 5.97 Å². The summed E-state index contributed by atoms with van der Waals surface area (Å²) in [5.41, 5.74) is 5.85. The molecule has 0 bridgehead atoms. The summed E-state index contributed by atoms with van der Waals surface area (Å²) in [6.07, 6.45) is 1.07. The Balaban J connectivity index is 2.47. The molecule has 1 heterocycles. The van der Waals surface area contributed by atoms with Crippen LogP contribution in [0.2, 0.25) is 0 Å². The SMILES string of the molecule is CC(C)[C@H](N)C(=O)N1CCC(C(=O)N[C@@H](C)C(=O)O)CC1. The largest absolute Gasteiger partial charge is 0.480 e. The molecular formula is C14H25N3O4. The molecule has 21 heavy (non-hydrogen) atoms. The third-order valence-electron chi connectivity index (χ3n) is 3.91. The molecule has 0 aromatic rings. The molecule has 0 aliphatic carbocycles. The number of amides is 2. The Morgan fingerprint density at radius 1 is 1.19 bits per heavy atom. The molecule has 0 radical (unpaired) electrons. The van der Waals surface area contributed by atoms with Gasteiger partial charge in [0, 0.05) is 19.0 Å². The molecule has 7 nitrogen and oxygen atoms in total. The van der Waals surface area contributed by atoms with E-state index in [-0.39, 0.29) is 23.7 Å². The van der Waals surface area contributed by atoms with Crippen molar-refractivity contribution in [2.45, 2.75) is 45.7 Å². The number of nitrogens with one attached hydrogen (secondary N) is 1. The number of aliphatic carboxylic acids is 1. The normalized spacial score (nSPS) is 19.2. The van der Waals surface area contributed by atoms with Crippen LogP contribution in [0.25, 0.3) is 0 Å². The molecular weight excluding hydrogens is 274 g/mol. The van der Waals surface area contributed by atoms with Crippen LogP contribution in [0.5, 0.6) is 0 Å². The van der Waals surface area contributed by atoms with Crippen LogP contribution in [0.15, 0.2) is 0 Å². The lowest BCUT2D eigenvalue weighted by Crippen LogP contribution is -2.51. The maximum absolute atomic E-state index is 12.1. The van der Waals surface area contributed by atoms with E-state index in [1.54, 1.807) is 4.90 Å². The highest BCUT2D eigenvalue weighted by Crippen LogP contribution is 2.19. The lowest BCUT2D eigenvalue weighted by atomic mass is 9.94. The van der Waals surface area contributed by atoms with Crippen LogP contribution in [-0.2, 0) is 14.4 Å².